The summed E-state index contributed by atoms with van der Waals surface area (Å²) >= 11 is 0. The van der Waals surface area contributed by atoms with Crippen LogP contribution in [-0.4, -0.2) is 24.0 Å². The van der Waals surface area contributed by atoms with E-state index in [4.69, 9.17) is 4.74 Å². The van der Waals surface area contributed by atoms with Crippen LogP contribution in [0.4, 0.5) is 8.78 Å². The van der Waals surface area contributed by atoms with Crippen molar-refractivity contribution in [1.29, 1.82) is 0 Å². The Kier molecular flexibility index (Phi) is 3.84. The molecule has 2 aromatic rings. The molecule has 0 aliphatic rings. The van der Waals surface area contributed by atoms with Crippen molar-refractivity contribution in [2.24, 2.45) is 7.05 Å². The molecule has 0 radical (unpaired) electrons. The van der Waals surface area contributed by atoms with Crippen molar-refractivity contribution in [3.05, 3.63) is 30.0 Å². The van der Waals surface area contributed by atoms with E-state index in [0.29, 0.717) is 5.75 Å². The topological polar surface area (TPSA) is 14.2 Å². The van der Waals surface area contributed by atoms with Crippen LogP contribution in [0.5, 0.6) is 5.75 Å². The van der Waals surface area contributed by atoms with E-state index in [2.05, 4.69) is 13.1 Å². The minimum atomic E-state index is -1.00. The number of aryl methyl sites for hydroxylation is 2. The fourth-order valence-electron chi connectivity index (χ4n) is 2.10. The van der Waals surface area contributed by atoms with Gasteiger partial charge in [-0.15, -0.1) is 0 Å². The van der Waals surface area contributed by atoms with Crippen LogP contribution in [0.25, 0.3) is 10.9 Å². The number of alkyl halides is 2. The molecule has 98 valence electrons. The van der Waals surface area contributed by atoms with E-state index >= 15 is 0 Å². The first-order chi connectivity index (χ1) is 8.69. The third-order valence-corrected chi connectivity index (χ3v) is 3.07. The highest BCUT2D eigenvalue weighted by molar-refractivity contribution is 5.85. The predicted octanol–water partition coefficient (Wildman–Crippen LogP) is 3.43. The van der Waals surface area contributed by atoms with E-state index < -0.39 is 19.5 Å². The van der Waals surface area contributed by atoms with Gasteiger partial charge in [0.2, 0.25) is 0 Å². The van der Waals surface area contributed by atoms with Crippen LogP contribution in [0.2, 0.25) is 0 Å². The van der Waals surface area contributed by atoms with Gasteiger partial charge < -0.3 is 9.30 Å². The molecule has 1 aromatic heterocycles. The predicted molar refractivity (Wildman–Crippen MR) is 68.7 cm³/mol. The lowest BCUT2D eigenvalue weighted by Crippen LogP contribution is -2.21. The number of rotatable bonds is 5. The van der Waals surface area contributed by atoms with Gasteiger partial charge in [-0.3, -0.25) is 0 Å². The smallest absolute Gasteiger partial charge is 0.155 e. The molecule has 2 rings (SSSR count). The third kappa shape index (κ3) is 2.33. The molecule has 0 aliphatic carbocycles. The summed E-state index contributed by atoms with van der Waals surface area (Å²) in [7, 11) is 1.98. The summed E-state index contributed by atoms with van der Waals surface area (Å²) in [6.07, 6.45) is 1.98. The van der Waals surface area contributed by atoms with E-state index in [9.17, 15) is 8.78 Å². The summed E-state index contributed by atoms with van der Waals surface area (Å²) in [5.74, 6) is 0.517. The zero-order chi connectivity index (χ0) is 13.1. The Morgan fingerprint density at radius 1 is 1.28 bits per heavy atom. The Morgan fingerprint density at radius 3 is 2.61 bits per heavy atom. The molecule has 0 atom stereocenters. The molecular formula is C14H17F2NO. The molecule has 0 fully saturated rings. The summed E-state index contributed by atoms with van der Waals surface area (Å²) in [6, 6.07) is 5.52. The van der Waals surface area contributed by atoms with E-state index in [1.807, 2.05) is 23.7 Å². The van der Waals surface area contributed by atoms with Crippen LogP contribution in [0, 0.1) is 0 Å². The first-order valence-corrected chi connectivity index (χ1v) is 6.06. The highest BCUT2D eigenvalue weighted by atomic mass is 19.1. The Hall–Kier alpha value is -1.58. The van der Waals surface area contributed by atoms with Gasteiger partial charge in [0.1, 0.15) is 19.1 Å². The molecule has 0 saturated heterocycles. The van der Waals surface area contributed by atoms with E-state index in [1.165, 1.54) is 5.56 Å². The number of hydrogen-bond acceptors (Lipinski definition) is 1. The molecule has 0 aliphatic heterocycles. The maximum Gasteiger partial charge on any atom is 0.155 e. The highest BCUT2D eigenvalue weighted by Crippen LogP contribution is 2.26. The fourth-order valence-corrected chi connectivity index (χ4v) is 2.10. The molecule has 2 nitrogen and oxygen atoms in total. The van der Waals surface area contributed by atoms with Crippen LogP contribution in [0.1, 0.15) is 12.5 Å². The van der Waals surface area contributed by atoms with Gasteiger partial charge in [-0.2, -0.15) is 0 Å². The lowest BCUT2D eigenvalue weighted by molar-refractivity contribution is 0.134. The van der Waals surface area contributed by atoms with E-state index in [-0.39, 0.29) is 0 Å². The maximum atomic E-state index is 12.4. The fraction of sp³-hybridized carbons (Fsp3) is 0.429. The van der Waals surface area contributed by atoms with Crippen molar-refractivity contribution >= 4 is 10.9 Å². The second-order valence-electron chi connectivity index (χ2n) is 4.35. The number of ether oxygens (including phenoxy) is 1. The highest BCUT2D eigenvalue weighted by Gasteiger charge is 2.11. The van der Waals surface area contributed by atoms with Gasteiger partial charge in [0, 0.05) is 24.1 Å². The molecule has 1 aromatic carbocycles. The van der Waals surface area contributed by atoms with Gasteiger partial charge in [0.25, 0.3) is 0 Å². The summed E-state index contributed by atoms with van der Waals surface area (Å²) in [5, 5.41) is 1.08. The standard InChI is InChI=1S/C14H17F2NO/c1-3-10-9-17(2)14-5-4-11(6-13(10)14)18-12(7-15)8-16/h4-6,9,12H,3,7-8H2,1-2H3. The first kappa shape index (κ1) is 12.9. The van der Waals surface area contributed by atoms with Gasteiger partial charge >= 0.3 is 0 Å². The quantitative estimate of drug-likeness (QED) is 0.796. The maximum absolute atomic E-state index is 12.4. The number of halogens is 2. The monoisotopic (exact) mass is 253 g/mol. The average Bonchev–Trinajstić information content (AvgIpc) is 2.72. The molecular weight excluding hydrogens is 236 g/mol. The molecule has 4 heteroatoms. The second kappa shape index (κ2) is 5.38. The minimum Gasteiger partial charge on any atom is -0.485 e. The second-order valence-corrected chi connectivity index (χ2v) is 4.35. The lowest BCUT2D eigenvalue weighted by atomic mass is 10.1. The van der Waals surface area contributed by atoms with Crippen LogP contribution in [0.3, 0.4) is 0 Å². The van der Waals surface area contributed by atoms with Gasteiger partial charge in [-0.05, 0) is 30.2 Å². The summed E-state index contributed by atoms with van der Waals surface area (Å²) in [6.45, 7) is 0.447. The normalized spacial score (nSPS) is 11.4. The van der Waals surface area contributed by atoms with Crippen LogP contribution in [0.15, 0.2) is 24.4 Å². The Labute approximate surface area is 105 Å². The Balaban J connectivity index is 2.37. The molecule has 1 heterocycles. The van der Waals surface area contributed by atoms with Crippen LogP contribution >= 0.6 is 0 Å². The SMILES string of the molecule is CCc1cn(C)c2ccc(OC(CF)CF)cc12. The van der Waals surface area contributed by atoms with Crippen molar-refractivity contribution in [3.8, 4) is 5.75 Å². The first-order valence-electron chi connectivity index (χ1n) is 6.06. The van der Waals surface area contributed by atoms with Crippen molar-refractivity contribution < 1.29 is 13.5 Å². The molecule has 0 spiro atoms. The minimum absolute atomic E-state index is 0.517. The van der Waals surface area contributed by atoms with Gasteiger partial charge in [-0.1, -0.05) is 6.92 Å². The van der Waals surface area contributed by atoms with Crippen molar-refractivity contribution in [1.82, 2.24) is 4.57 Å². The largest absolute Gasteiger partial charge is 0.485 e. The van der Waals surface area contributed by atoms with Gasteiger partial charge in [0.05, 0.1) is 0 Å². The molecule has 0 N–H and O–H groups in total. The van der Waals surface area contributed by atoms with Crippen molar-refractivity contribution in [2.75, 3.05) is 13.3 Å². The number of fused-ring (bicyclic) bond motifs is 1. The number of hydrogen-bond donors (Lipinski definition) is 0. The summed E-state index contributed by atoms with van der Waals surface area (Å²) < 4.78 is 32.2. The molecule has 18 heavy (non-hydrogen) atoms. The average molecular weight is 253 g/mol. The Morgan fingerprint density at radius 2 is 2.00 bits per heavy atom. The van der Waals surface area contributed by atoms with Crippen LogP contribution in [-0.2, 0) is 13.5 Å². The van der Waals surface area contributed by atoms with Crippen molar-refractivity contribution in [3.63, 3.8) is 0 Å². The number of aromatic nitrogens is 1. The molecule has 0 unspecified atom stereocenters. The number of benzene rings is 1. The Bertz CT molecular complexity index is 532. The third-order valence-electron chi connectivity index (χ3n) is 3.07. The van der Waals surface area contributed by atoms with Crippen molar-refractivity contribution in [2.45, 2.75) is 19.4 Å². The summed E-state index contributed by atoms with van der Waals surface area (Å²) in [4.78, 5) is 0. The molecule has 0 amide bonds. The summed E-state index contributed by atoms with van der Waals surface area (Å²) in [5.41, 5.74) is 2.30. The van der Waals surface area contributed by atoms with Gasteiger partial charge in [0.15, 0.2) is 6.10 Å². The molecule has 0 bridgehead atoms. The lowest BCUT2D eigenvalue weighted by Gasteiger charge is -2.12. The zero-order valence-electron chi connectivity index (χ0n) is 10.6. The van der Waals surface area contributed by atoms with Gasteiger partial charge in [-0.25, -0.2) is 8.78 Å². The number of nitrogens with zero attached hydrogens (tertiary/aromatic N) is 1. The zero-order valence-corrected chi connectivity index (χ0v) is 10.6. The molecule has 0 saturated carbocycles. The van der Waals surface area contributed by atoms with Crippen LogP contribution < -0.4 is 4.74 Å². The van der Waals surface area contributed by atoms with E-state index in [0.717, 1.165) is 17.3 Å². The van der Waals surface area contributed by atoms with E-state index in [1.54, 1.807) is 6.07 Å².